The number of aliphatic hydroxyl groups excluding tert-OH is 1. The Labute approximate surface area is 139 Å². The predicted octanol–water partition coefficient (Wildman–Crippen LogP) is 1.95. The zero-order valence-electron chi connectivity index (χ0n) is 11.1. The molecule has 0 atom stereocenters. The molecule has 5 nitrogen and oxygen atoms in total. The molecule has 0 aromatic heterocycles. The maximum Gasteiger partial charge on any atom is 0.246 e. The van der Waals surface area contributed by atoms with Crippen LogP contribution in [0.4, 0.5) is 0 Å². The lowest BCUT2D eigenvalue weighted by molar-refractivity contribution is 0.151. The van der Waals surface area contributed by atoms with Crippen LogP contribution in [0.5, 0.6) is 0 Å². The van der Waals surface area contributed by atoms with Crippen LogP contribution >= 0.6 is 34.8 Å². The third-order valence-corrected chi connectivity index (χ3v) is 6.35. The van der Waals surface area contributed by atoms with Crippen LogP contribution in [-0.2, 0) is 10.0 Å². The summed E-state index contributed by atoms with van der Waals surface area (Å²) in [7, 11) is -3.76. The summed E-state index contributed by atoms with van der Waals surface area (Å²) in [5.74, 6) is 0. The molecule has 0 unspecified atom stereocenters. The number of hydrogen-bond donors (Lipinski definition) is 1. The van der Waals surface area contributed by atoms with Crippen LogP contribution in [0.25, 0.3) is 0 Å². The third-order valence-electron chi connectivity index (χ3n) is 3.31. The van der Waals surface area contributed by atoms with E-state index in [2.05, 4.69) is 0 Å². The van der Waals surface area contributed by atoms with E-state index in [0.29, 0.717) is 32.7 Å². The molecule has 0 amide bonds. The monoisotopic (exact) mass is 372 g/mol. The molecule has 1 heterocycles. The standard InChI is InChI=1S/C12H15Cl3N2O3S/c13-9-7-10(14)12(11(15)8-9)21(19,20)17-3-1-16(2-4-17)5-6-18/h7-8,18H,1-6H2. The lowest BCUT2D eigenvalue weighted by atomic mass is 10.3. The highest BCUT2D eigenvalue weighted by atomic mass is 35.5. The largest absolute Gasteiger partial charge is 0.395 e. The molecular weight excluding hydrogens is 359 g/mol. The minimum atomic E-state index is -3.76. The summed E-state index contributed by atoms with van der Waals surface area (Å²) in [5.41, 5.74) is 0. The van der Waals surface area contributed by atoms with Gasteiger partial charge in [-0.05, 0) is 12.1 Å². The molecule has 1 fully saturated rings. The third kappa shape index (κ3) is 3.82. The minimum Gasteiger partial charge on any atom is -0.395 e. The van der Waals surface area contributed by atoms with Gasteiger partial charge in [-0.25, -0.2) is 8.42 Å². The van der Waals surface area contributed by atoms with Crippen LogP contribution < -0.4 is 0 Å². The Morgan fingerprint density at radius 3 is 2.05 bits per heavy atom. The predicted molar refractivity (Wildman–Crippen MR) is 83.8 cm³/mol. The van der Waals surface area contributed by atoms with E-state index in [1.165, 1.54) is 16.4 Å². The number of hydrogen-bond acceptors (Lipinski definition) is 4. The van der Waals surface area contributed by atoms with Crippen molar-refractivity contribution in [2.45, 2.75) is 4.90 Å². The number of halogens is 3. The number of nitrogens with zero attached hydrogens (tertiary/aromatic N) is 2. The van der Waals surface area contributed by atoms with Crippen molar-refractivity contribution in [2.24, 2.45) is 0 Å². The van der Waals surface area contributed by atoms with Gasteiger partial charge in [0, 0.05) is 37.7 Å². The van der Waals surface area contributed by atoms with Crippen LogP contribution in [0.2, 0.25) is 15.1 Å². The number of aliphatic hydroxyl groups is 1. The first-order chi connectivity index (χ1) is 9.86. The molecule has 0 bridgehead atoms. The van der Waals surface area contributed by atoms with E-state index in [-0.39, 0.29) is 26.6 Å². The van der Waals surface area contributed by atoms with E-state index in [1.807, 2.05) is 4.90 Å². The normalized spacial score (nSPS) is 18.1. The van der Waals surface area contributed by atoms with Gasteiger partial charge in [0.2, 0.25) is 10.0 Å². The Morgan fingerprint density at radius 2 is 1.57 bits per heavy atom. The maximum atomic E-state index is 12.7. The highest BCUT2D eigenvalue weighted by Crippen LogP contribution is 2.34. The summed E-state index contributed by atoms with van der Waals surface area (Å²) in [6.07, 6.45) is 0. The summed E-state index contributed by atoms with van der Waals surface area (Å²) in [4.78, 5) is 1.89. The zero-order valence-corrected chi connectivity index (χ0v) is 14.2. The second-order valence-electron chi connectivity index (χ2n) is 4.67. The average Bonchev–Trinajstić information content (AvgIpc) is 2.38. The highest BCUT2D eigenvalue weighted by molar-refractivity contribution is 7.89. The molecule has 1 aromatic carbocycles. The minimum absolute atomic E-state index is 0.0188. The zero-order chi connectivity index (χ0) is 15.6. The van der Waals surface area contributed by atoms with Gasteiger partial charge >= 0.3 is 0 Å². The van der Waals surface area contributed by atoms with Crippen molar-refractivity contribution >= 4 is 44.8 Å². The molecule has 0 saturated carbocycles. The fourth-order valence-corrected chi connectivity index (χ4v) is 5.15. The molecule has 0 aliphatic carbocycles. The van der Waals surface area contributed by atoms with Gasteiger partial charge in [0.1, 0.15) is 4.90 Å². The van der Waals surface area contributed by atoms with Gasteiger partial charge in [-0.3, -0.25) is 4.90 Å². The van der Waals surface area contributed by atoms with Crippen molar-refractivity contribution in [1.82, 2.24) is 9.21 Å². The lowest BCUT2D eigenvalue weighted by Gasteiger charge is -2.33. The number of rotatable bonds is 4. The first-order valence-corrected chi connectivity index (χ1v) is 8.91. The maximum absolute atomic E-state index is 12.7. The number of β-amino-alcohol motifs (C(OH)–C–C–N with tert-alkyl or cyclic N) is 1. The smallest absolute Gasteiger partial charge is 0.246 e. The first-order valence-electron chi connectivity index (χ1n) is 6.34. The summed E-state index contributed by atoms with van der Waals surface area (Å²) in [6, 6.07) is 2.73. The van der Waals surface area contributed by atoms with Crippen molar-refractivity contribution in [2.75, 3.05) is 39.3 Å². The van der Waals surface area contributed by atoms with E-state index in [0.717, 1.165) is 0 Å². The van der Waals surface area contributed by atoms with E-state index >= 15 is 0 Å². The van der Waals surface area contributed by atoms with Crippen molar-refractivity contribution < 1.29 is 13.5 Å². The van der Waals surface area contributed by atoms with Gasteiger partial charge in [-0.2, -0.15) is 4.31 Å². The SMILES string of the molecule is O=S(=O)(c1c(Cl)cc(Cl)cc1Cl)N1CCN(CCO)CC1. The van der Waals surface area contributed by atoms with E-state index < -0.39 is 10.0 Å². The molecule has 1 N–H and O–H groups in total. The summed E-state index contributed by atoms with van der Waals surface area (Å²) >= 11 is 17.8. The first kappa shape index (κ1) is 17.3. The van der Waals surface area contributed by atoms with Crippen LogP contribution in [0.3, 0.4) is 0 Å². The molecule has 0 radical (unpaired) electrons. The summed E-state index contributed by atoms with van der Waals surface area (Å²) in [5, 5.41) is 9.23. The van der Waals surface area contributed by atoms with Crippen molar-refractivity contribution in [3.05, 3.63) is 27.2 Å². The molecule has 1 saturated heterocycles. The molecule has 1 aromatic rings. The highest BCUT2D eigenvalue weighted by Gasteiger charge is 2.32. The Bertz CT molecular complexity index is 593. The lowest BCUT2D eigenvalue weighted by Crippen LogP contribution is -2.49. The van der Waals surface area contributed by atoms with Gasteiger partial charge in [0.25, 0.3) is 0 Å². The van der Waals surface area contributed by atoms with E-state index in [9.17, 15) is 8.42 Å². The number of piperazine rings is 1. The number of benzene rings is 1. The molecular formula is C12H15Cl3N2O3S. The Morgan fingerprint density at radius 1 is 1.05 bits per heavy atom. The average molecular weight is 374 g/mol. The van der Waals surface area contributed by atoms with Crippen molar-refractivity contribution in [1.29, 1.82) is 0 Å². The topological polar surface area (TPSA) is 60.9 Å². The number of sulfonamides is 1. The van der Waals surface area contributed by atoms with E-state index in [4.69, 9.17) is 39.9 Å². The Kier molecular flexibility index (Phi) is 5.76. The van der Waals surface area contributed by atoms with Gasteiger partial charge in [0.15, 0.2) is 0 Å². The Hall–Kier alpha value is -0.0800. The molecule has 118 valence electrons. The Balaban J connectivity index is 2.24. The quantitative estimate of drug-likeness (QED) is 0.876. The summed E-state index contributed by atoms with van der Waals surface area (Å²) < 4.78 is 26.7. The second-order valence-corrected chi connectivity index (χ2v) is 7.79. The van der Waals surface area contributed by atoms with Gasteiger partial charge < -0.3 is 5.11 Å². The summed E-state index contributed by atoms with van der Waals surface area (Å²) in [6.45, 7) is 2.37. The van der Waals surface area contributed by atoms with Gasteiger partial charge in [-0.1, -0.05) is 34.8 Å². The molecule has 2 rings (SSSR count). The second kappa shape index (κ2) is 7.00. The molecule has 1 aliphatic heterocycles. The van der Waals surface area contributed by atoms with Crippen molar-refractivity contribution in [3.8, 4) is 0 Å². The van der Waals surface area contributed by atoms with Crippen molar-refractivity contribution in [3.63, 3.8) is 0 Å². The van der Waals surface area contributed by atoms with Gasteiger partial charge in [0.05, 0.1) is 16.7 Å². The van der Waals surface area contributed by atoms with Gasteiger partial charge in [-0.15, -0.1) is 0 Å². The molecule has 0 spiro atoms. The fourth-order valence-electron chi connectivity index (χ4n) is 2.24. The van der Waals surface area contributed by atoms with Crippen LogP contribution in [-0.4, -0.2) is 62.1 Å². The molecule has 21 heavy (non-hydrogen) atoms. The van der Waals surface area contributed by atoms with Crippen LogP contribution in [0.1, 0.15) is 0 Å². The molecule has 9 heteroatoms. The fraction of sp³-hybridized carbons (Fsp3) is 0.500. The van der Waals surface area contributed by atoms with E-state index in [1.54, 1.807) is 0 Å². The molecule has 1 aliphatic rings. The van der Waals surface area contributed by atoms with Crippen LogP contribution in [0, 0.1) is 0 Å². The van der Waals surface area contributed by atoms with Crippen LogP contribution in [0.15, 0.2) is 17.0 Å².